The van der Waals surface area contributed by atoms with Crippen molar-refractivity contribution in [2.24, 2.45) is 0 Å². The summed E-state index contributed by atoms with van der Waals surface area (Å²) in [4.78, 5) is 0.682. The molecule has 0 atom stereocenters. The van der Waals surface area contributed by atoms with Gasteiger partial charge >= 0.3 is 0 Å². The first-order chi connectivity index (χ1) is 10.6. The number of aryl methyl sites for hydroxylation is 1. The van der Waals surface area contributed by atoms with Gasteiger partial charge in [-0.1, -0.05) is 40.6 Å². The summed E-state index contributed by atoms with van der Waals surface area (Å²) < 4.78 is 1.67. The maximum atomic E-state index is 6.26. The van der Waals surface area contributed by atoms with Gasteiger partial charge in [-0.25, -0.2) is 0 Å². The average molecular weight is 351 g/mol. The zero-order valence-electron chi connectivity index (χ0n) is 11.2. The summed E-state index contributed by atoms with van der Waals surface area (Å²) in [5, 5.41) is 21.5. The molecule has 0 fully saturated rings. The second kappa shape index (κ2) is 5.05. The molecule has 3 aromatic heterocycles. The van der Waals surface area contributed by atoms with Crippen LogP contribution in [0.1, 0.15) is 5.69 Å². The lowest BCUT2D eigenvalue weighted by Gasteiger charge is -2.02. The monoisotopic (exact) mass is 350 g/mol. The lowest BCUT2D eigenvalue weighted by atomic mass is 10.2. The lowest BCUT2D eigenvalue weighted by Crippen LogP contribution is -1.92. The van der Waals surface area contributed by atoms with Crippen LogP contribution in [0.25, 0.3) is 26.9 Å². The van der Waals surface area contributed by atoms with Gasteiger partial charge in [-0.3, -0.25) is 5.10 Å². The second-order valence-electron chi connectivity index (χ2n) is 4.64. The number of rotatable bonds is 2. The molecule has 6 nitrogen and oxygen atoms in total. The molecule has 0 saturated heterocycles. The molecule has 0 aliphatic carbocycles. The highest BCUT2D eigenvalue weighted by molar-refractivity contribution is 7.19. The van der Waals surface area contributed by atoms with Crippen LogP contribution in [0.5, 0.6) is 0 Å². The third kappa shape index (κ3) is 2.01. The van der Waals surface area contributed by atoms with Gasteiger partial charge in [0.1, 0.15) is 0 Å². The van der Waals surface area contributed by atoms with Crippen LogP contribution in [0.2, 0.25) is 10.0 Å². The Hall–Kier alpha value is -1.96. The van der Waals surface area contributed by atoms with Crippen LogP contribution < -0.4 is 0 Å². The minimum absolute atomic E-state index is 0.438. The standard InChI is InChI=1S/C13H8Cl2N6S/c1-6-8(5-16-17-6)12-20-21-11(18-19-13(21)22-12)7-3-2-4-9(14)10(7)15/h2-5H,1H3,(H,16,17). The highest BCUT2D eigenvalue weighted by Gasteiger charge is 2.18. The van der Waals surface area contributed by atoms with Crippen LogP contribution in [0, 0.1) is 6.92 Å². The van der Waals surface area contributed by atoms with Crippen molar-refractivity contribution >= 4 is 39.5 Å². The van der Waals surface area contributed by atoms with Gasteiger partial charge in [0.05, 0.1) is 21.8 Å². The Morgan fingerprint density at radius 1 is 1.18 bits per heavy atom. The van der Waals surface area contributed by atoms with E-state index in [4.69, 9.17) is 23.2 Å². The van der Waals surface area contributed by atoms with Gasteiger partial charge in [0.15, 0.2) is 10.8 Å². The molecular weight excluding hydrogens is 343 g/mol. The van der Waals surface area contributed by atoms with Crippen LogP contribution in [0.3, 0.4) is 0 Å². The molecule has 0 spiro atoms. The Labute approximate surface area is 138 Å². The molecule has 3 heterocycles. The van der Waals surface area contributed by atoms with E-state index in [0.717, 1.165) is 16.3 Å². The molecule has 0 radical (unpaired) electrons. The maximum absolute atomic E-state index is 6.26. The van der Waals surface area contributed by atoms with Gasteiger partial charge < -0.3 is 0 Å². The normalized spacial score (nSPS) is 11.4. The minimum Gasteiger partial charge on any atom is -0.282 e. The number of nitrogens with zero attached hydrogens (tertiary/aromatic N) is 5. The topological polar surface area (TPSA) is 71.8 Å². The first-order valence-electron chi connectivity index (χ1n) is 6.32. The molecule has 0 saturated carbocycles. The average Bonchev–Trinajstić information content (AvgIpc) is 3.17. The van der Waals surface area contributed by atoms with E-state index in [1.54, 1.807) is 16.8 Å². The SMILES string of the molecule is Cc1[nH]ncc1-c1nn2c(-c3cccc(Cl)c3Cl)nnc2s1. The van der Waals surface area contributed by atoms with Crippen LogP contribution in [0.15, 0.2) is 24.4 Å². The summed E-state index contributed by atoms with van der Waals surface area (Å²) in [5.41, 5.74) is 2.59. The molecule has 9 heteroatoms. The quantitative estimate of drug-likeness (QED) is 0.595. The molecule has 110 valence electrons. The van der Waals surface area contributed by atoms with Crippen LogP contribution in [-0.4, -0.2) is 30.0 Å². The summed E-state index contributed by atoms with van der Waals surface area (Å²) in [6, 6.07) is 5.39. The van der Waals surface area contributed by atoms with Crippen molar-refractivity contribution in [2.45, 2.75) is 6.92 Å². The number of nitrogens with one attached hydrogen (secondary N) is 1. The first-order valence-corrected chi connectivity index (χ1v) is 7.89. The maximum Gasteiger partial charge on any atom is 0.235 e. The van der Waals surface area contributed by atoms with E-state index in [2.05, 4.69) is 25.5 Å². The summed E-state index contributed by atoms with van der Waals surface area (Å²) in [7, 11) is 0. The largest absolute Gasteiger partial charge is 0.282 e. The molecule has 0 amide bonds. The van der Waals surface area contributed by atoms with E-state index in [0.29, 0.717) is 26.4 Å². The molecule has 0 unspecified atom stereocenters. The van der Waals surface area contributed by atoms with Gasteiger partial charge in [0, 0.05) is 11.3 Å². The Bertz CT molecular complexity index is 986. The Balaban J connectivity index is 1.92. The zero-order valence-corrected chi connectivity index (χ0v) is 13.5. The van der Waals surface area contributed by atoms with Crippen LogP contribution in [-0.2, 0) is 0 Å². The van der Waals surface area contributed by atoms with Gasteiger partial charge in [0.2, 0.25) is 4.96 Å². The number of halogens is 2. The molecule has 22 heavy (non-hydrogen) atoms. The molecule has 1 aromatic carbocycles. The number of hydrogen-bond acceptors (Lipinski definition) is 5. The van der Waals surface area contributed by atoms with E-state index < -0.39 is 0 Å². The van der Waals surface area contributed by atoms with Crippen molar-refractivity contribution in [3.05, 3.63) is 40.1 Å². The Morgan fingerprint density at radius 3 is 2.82 bits per heavy atom. The van der Waals surface area contributed by atoms with Gasteiger partial charge in [-0.05, 0) is 19.1 Å². The molecule has 0 aliphatic heterocycles. The third-order valence-corrected chi connectivity index (χ3v) is 4.99. The number of H-pyrrole nitrogens is 1. The number of aromatic nitrogens is 6. The van der Waals surface area contributed by atoms with Crippen molar-refractivity contribution in [3.8, 4) is 22.0 Å². The van der Waals surface area contributed by atoms with E-state index in [1.165, 1.54) is 11.3 Å². The summed E-state index contributed by atoms with van der Waals surface area (Å²) >= 11 is 13.8. The van der Waals surface area contributed by atoms with Crippen molar-refractivity contribution in [3.63, 3.8) is 0 Å². The molecular formula is C13H8Cl2N6S. The minimum atomic E-state index is 0.438. The highest BCUT2D eigenvalue weighted by Crippen LogP contribution is 2.34. The number of aromatic amines is 1. The van der Waals surface area contributed by atoms with Crippen molar-refractivity contribution in [1.29, 1.82) is 0 Å². The fourth-order valence-corrected chi connectivity index (χ4v) is 3.43. The Morgan fingerprint density at radius 2 is 2.05 bits per heavy atom. The highest BCUT2D eigenvalue weighted by atomic mass is 35.5. The molecule has 0 aliphatic rings. The fourth-order valence-electron chi connectivity index (χ4n) is 2.14. The van der Waals surface area contributed by atoms with Gasteiger partial charge in [0.25, 0.3) is 0 Å². The van der Waals surface area contributed by atoms with E-state index in [9.17, 15) is 0 Å². The van der Waals surface area contributed by atoms with Crippen LogP contribution >= 0.6 is 34.5 Å². The lowest BCUT2D eigenvalue weighted by molar-refractivity contribution is 0.970. The predicted octanol–water partition coefficient (Wildman–Crippen LogP) is 3.86. The molecule has 4 rings (SSSR count). The van der Waals surface area contributed by atoms with Gasteiger partial charge in [-0.2, -0.15) is 14.7 Å². The number of fused-ring (bicyclic) bond motifs is 1. The fraction of sp³-hybridized carbons (Fsp3) is 0.0769. The molecule has 4 aromatic rings. The van der Waals surface area contributed by atoms with E-state index in [-0.39, 0.29) is 0 Å². The van der Waals surface area contributed by atoms with Crippen LogP contribution in [0.4, 0.5) is 0 Å². The second-order valence-corrected chi connectivity index (χ2v) is 6.38. The van der Waals surface area contributed by atoms with Gasteiger partial charge in [-0.15, -0.1) is 10.2 Å². The van der Waals surface area contributed by atoms with E-state index in [1.807, 2.05) is 19.1 Å². The van der Waals surface area contributed by atoms with Crippen molar-refractivity contribution in [2.75, 3.05) is 0 Å². The van der Waals surface area contributed by atoms with Crippen molar-refractivity contribution in [1.82, 2.24) is 30.0 Å². The zero-order chi connectivity index (χ0) is 15.3. The third-order valence-electron chi connectivity index (χ3n) is 3.24. The molecule has 0 bridgehead atoms. The van der Waals surface area contributed by atoms with E-state index >= 15 is 0 Å². The first kappa shape index (κ1) is 13.7. The number of benzene rings is 1. The summed E-state index contributed by atoms with van der Waals surface area (Å²) in [6.45, 7) is 1.94. The number of hydrogen-bond donors (Lipinski definition) is 1. The smallest absolute Gasteiger partial charge is 0.235 e. The Kier molecular flexibility index (Phi) is 3.14. The summed E-state index contributed by atoms with van der Waals surface area (Å²) in [5.74, 6) is 0.561. The molecule has 1 N–H and O–H groups in total. The summed E-state index contributed by atoms with van der Waals surface area (Å²) in [6.07, 6.45) is 1.74. The predicted molar refractivity (Wildman–Crippen MR) is 86.4 cm³/mol. The van der Waals surface area contributed by atoms with Crippen molar-refractivity contribution < 1.29 is 0 Å².